The summed E-state index contributed by atoms with van der Waals surface area (Å²) in [5.41, 5.74) is 0.471. The number of hydrogen-bond donors (Lipinski definition) is 2. The minimum Gasteiger partial charge on any atom is -0.458 e. The highest BCUT2D eigenvalue weighted by molar-refractivity contribution is 5.89. The van der Waals surface area contributed by atoms with E-state index in [9.17, 15) is 9.90 Å². The third kappa shape index (κ3) is 3.29. The maximum absolute atomic E-state index is 11.8. The van der Waals surface area contributed by atoms with Gasteiger partial charge in [-0.1, -0.05) is 18.2 Å². The van der Waals surface area contributed by atoms with E-state index in [1.54, 1.807) is 24.3 Å². The van der Waals surface area contributed by atoms with Crippen LogP contribution in [0.5, 0.6) is 0 Å². The Bertz CT molecular complexity index is 392. The summed E-state index contributed by atoms with van der Waals surface area (Å²) in [5, 5.41) is 18.4. The lowest BCUT2D eigenvalue weighted by Crippen LogP contribution is -2.39. The average molecular weight is 252 g/mol. The minimum atomic E-state index is -0.996. The van der Waals surface area contributed by atoms with Crippen molar-refractivity contribution in [3.05, 3.63) is 35.9 Å². The molecule has 0 aliphatic carbocycles. The second-order valence-corrected chi connectivity index (χ2v) is 4.26. The van der Waals surface area contributed by atoms with Crippen LogP contribution in [-0.2, 0) is 9.47 Å². The van der Waals surface area contributed by atoms with Gasteiger partial charge in [0.1, 0.15) is 6.10 Å². The Morgan fingerprint density at radius 1 is 1.33 bits per heavy atom. The highest BCUT2D eigenvalue weighted by Gasteiger charge is 2.30. The Morgan fingerprint density at radius 2 is 2.06 bits per heavy atom. The lowest BCUT2D eigenvalue weighted by molar-refractivity contribution is -0.197. The lowest BCUT2D eigenvalue weighted by Gasteiger charge is -2.31. The number of aliphatic hydroxyl groups is 2. The third-order valence-electron chi connectivity index (χ3n) is 2.83. The fourth-order valence-electron chi connectivity index (χ4n) is 1.96. The van der Waals surface area contributed by atoms with Gasteiger partial charge in [0.2, 0.25) is 0 Å². The lowest BCUT2D eigenvalue weighted by atomic mass is 10.1. The van der Waals surface area contributed by atoms with E-state index in [1.165, 1.54) is 0 Å². The molecule has 0 unspecified atom stereocenters. The number of esters is 1. The summed E-state index contributed by atoms with van der Waals surface area (Å²) in [6.07, 6.45) is -1.29. The summed E-state index contributed by atoms with van der Waals surface area (Å²) in [5.74, 6) is -0.425. The summed E-state index contributed by atoms with van der Waals surface area (Å²) in [4.78, 5) is 11.8. The van der Waals surface area contributed by atoms with Crippen molar-refractivity contribution in [2.24, 2.45) is 0 Å². The third-order valence-corrected chi connectivity index (χ3v) is 2.83. The Kier molecular flexibility index (Phi) is 4.30. The second kappa shape index (κ2) is 5.95. The van der Waals surface area contributed by atoms with E-state index in [4.69, 9.17) is 14.6 Å². The molecule has 2 N–H and O–H groups in total. The van der Waals surface area contributed by atoms with Gasteiger partial charge < -0.3 is 19.7 Å². The SMILES string of the molecule is O=C(O[C@H]1C[C@@H](CO)O[C@H](O)C1)c1ccccc1. The predicted octanol–water partition coefficient (Wildman–Crippen LogP) is 0.702. The van der Waals surface area contributed by atoms with Crippen LogP contribution in [0.4, 0.5) is 0 Å². The molecule has 1 aliphatic rings. The van der Waals surface area contributed by atoms with Crippen LogP contribution in [0, 0.1) is 0 Å². The van der Waals surface area contributed by atoms with Gasteiger partial charge >= 0.3 is 5.97 Å². The van der Waals surface area contributed by atoms with Gasteiger partial charge in [0.05, 0.1) is 18.3 Å². The molecule has 18 heavy (non-hydrogen) atoms. The van der Waals surface area contributed by atoms with E-state index < -0.39 is 24.5 Å². The molecule has 0 aromatic heterocycles. The molecule has 1 aliphatic heterocycles. The maximum atomic E-state index is 11.8. The summed E-state index contributed by atoms with van der Waals surface area (Å²) in [6, 6.07) is 8.66. The zero-order valence-corrected chi connectivity index (χ0v) is 9.86. The first kappa shape index (κ1) is 13.0. The number of rotatable bonds is 3. The van der Waals surface area contributed by atoms with Gasteiger partial charge in [-0.15, -0.1) is 0 Å². The van der Waals surface area contributed by atoms with Gasteiger partial charge in [-0.25, -0.2) is 4.79 Å². The molecule has 0 bridgehead atoms. The Hall–Kier alpha value is -1.43. The highest BCUT2D eigenvalue weighted by atomic mass is 16.6. The number of carbonyl (C=O) groups is 1. The minimum absolute atomic E-state index is 0.198. The van der Waals surface area contributed by atoms with Crippen LogP contribution in [0.2, 0.25) is 0 Å². The van der Waals surface area contributed by atoms with Crippen LogP contribution in [-0.4, -0.2) is 41.3 Å². The fraction of sp³-hybridized carbons (Fsp3) is 0.462. The van der Waals surface area contributed by atoms with E-state index in [1.807, 2.05) is 6.07 Å². The van der Waals surface area contributed by atoms with Crippen LogP contribution in [0.1, 0.15) is 23.2 Å². The number of ether oxygens (including phenoxy) is 2. The van der Waals surface area contributed by atoms with Crippen LogP contribution in [0.25, 0.3) is 0 Å². The Balaban J connectivity index is 1.95. The Morgan fingerprint density at radius 3 is 2.72 bits per heavy atom. The molecule has 3 atom stereocenters. The smallest absolute Gasteiger partial charge is 0.338 e. The zero-order chi connectivity index (χ0) is 13.0. The van der Waals surface area contributed by atoms with Crippen LogP contribution >= 0.6 is 0 Å². The van der Waals surface area contributed by atoms with Crippen molar-refractivity contribution in [3.63, 3.8) is 0 Å². The average Bonchev–Trinajstić information content (AvgIpc) is 2.39. The maximum Gasteiger partial charge on any atom is 0.338 e. The van der Waals surface area contributed by atoms with Crippen molar-refractivity contribution in [1.82, 2.24) is 0 Å². The number of aliphatic hydroxyl groups excluding tert-OH is 2. The molecule has 1 aromatic rings. The topological polar surface area (TPSA) is 76.0 Å². The van der Waals surface area contributed by atoms with Crippen molar-refractivity contribution in [2.75, 3.05) is 6.61 Å². The van der Waals surface area contributed by atoms with Gasteiger partial charge in [0.25, 0.3) is 0 Å². The van der Waals surface area contributed by atoms with Crippen LogP contribution in [0.3, 0.4) is 0 Å². The molecule has 0 saturated carbocycles. The van der Waals surface area contributed by atoms with Crippen molar-refractivity contribution < 1.29 is 24.5 Å². The molecule has 0 spiro atoms. The van der Waals surface area contributed by atoms with E-state index in [0.29, 0.717) is 12.0 Å². The molecule has 2 rings (SSSR count). The molecule has 0 radical (unpaired) electrons. The van der Waals surface area contributed by atoms with Gasteiger partial charge in [-0.2, -0.15) is 0 Å². The highest BCUT2D eigenvalue weighted by Crippen LogP contribution is 2.21. The first-order valence-electron chi connectivity index (χ1n) is 5.89. The van der Waals surface area contributed by atoms with Crippen LogP contribution < -0.4 is 0 Å². The van der Waals surface area contributed by atoms with E-state index in [-0.39, 0.29) is 13.0 Å². The largest absolute Gasteiger partial charge is 0.458 e. The summed E-state index contributed by atoms with van der Waals surface area (Å²) in [6.45, 7) is -0.198. The molecule has 5 nitrogen and oxygen atoms in total. The van der Waals surface area contributed by atoms with E-state index >= 15 is 0 Å². The molecule has 0 amide bonds. The second-order valence-electron chi connectivity index (χ2n) is 4.26. The normalized spacial score (nSPS) is 27.8. The molecule has 1 aromatic carbocycles. The summed E-state index contributed by atoms with van der Waals surface area (Å²) in [7, 11) is 0. The molecule has 1 saturated heterocycles. The molecule has 1 heterocycles. The molecule has 1 fully saturated rings. The first-order valence-corrected chi connectivity index (χ1v) is 5.89. The van der Waals surface area contributed by atoms with Crippen molar-refractivity contribution in [2.45, 2.75) is 31.3 Å². The monoisotopic (exact) mass is 252 g/mol. The number of hydrogen-bond acceptors (Lipinski definition) is 5. The standard InChI is InChI=1S/C13H16O5/c14-8-11-6-10(7-12(15)17-11)18-13(16)9-4-2-1-3-5-9/h1-5,10-12,14-15H,6-8H2/t10-,11-,12-/m0/s1. The summed E-state index contributed by atoms with van der Waals surface area (Å²) >= 11 is 0. The number of carbonyl (C=O) groups excluding carboxylic acids is 1. The number of benzene rings is 1. The molecular weight excluding hydrogens is 236 g/mol. The van der Waals surface area contributed by atoms with Crippen molar-refractivity contribution >= 4 is 5.97 Å². The van der Waals surface area contributed by atoms with Gasteiger partial charge in [0.15, 0.2) is 6.29 Å². The van der Waals surface area contributed by atoms with Crippen molar-refractivity contribution in [3.8, 4) is 0 Å². The van der Waals surface area contributed by atoms with Gasteiger partial charge in [-0.3, -0.25) is 0 Å². The zero-order valence-electron chi connectivity index (χ0n) is 9.86. The predicted molar refractivity (Wildman–Crippen MR) is 62.8 cm³/mol. The first-order chi connectivity index (χ1) is 8.69. The summed E-state index contributed by atoms with van der Waals surface area (Å²) < 4.78 is 10.4. The molecule has 98 valence electrons. The fourth-order valence-corrected chi connectivity index (χ4v) is 1.96. The molecular formula is C13H16O5. The Labute approximate surface area is 105 Å². The van der Waals surface area contributed by atoms with Crippen molar-refractivity contribution in [1.29, 1.82) is 0 Å². The quantitative estimate of drug-likeness (QED) is 0.774. The van der Waals surface area contributed by atoms with E-state index in [2.05, 4.69) is 0 Å². The van der Waals surface area contributed by atoms with Gasteiger partial charge in [-0.05, 0) is 12.1 Å². The van der Waals surface area contributed by atoms with Crippen LogP contribution in [0.15, 0.2) is 30.3 Å². The molecule has 5 heteroatoms. The van der Waals surface area contributed by atoms with Gasteiger partial charge in [0, 0.05) is 12.8 Å². The van der Waals surface area contributed by atoms with E-state index in [0.717, 1.165) is 0 Å².